The molecule has 5 aromatic rings. The van der Waals surface area contributed by atoms with Crippen molar-refractivity contribution in [3.63, 3.8) is 0 Å². The Morgan fingerprint density at radius 1 is 0.877 bits per heavy atom. The molecule has 2 bridgehead atoms. The van der Waals surface area contributed by atoms with E-state index in [4.69, 9.17) is 42.1 Å². The molecule has 4 aromatic carbocycles. The number of piperidine rings is 3. The molecule has 1 amide bonds. The highest BCUT2D eigenvalue weighted by Crippen LogP contribution is 2.49. The molecule has 342 valence electrons. The van der Waals surface area contributed by atoms with Gasteiger partial charge < -0.3 is 34.6 Å². The van der Waals surface area contributed by atoms with Crippen molar-refractivity contribution in [1.29, 1.82) is 0 Å². The molecule has 4 aliphatic rings. The number of sulfonamides is 1. The van der Waals surface area contributed by atoms with Crippen LogP contribution in [0.1, 0.15) is 65.5 Å². The number of nitrogens with zero attached hydrogens (tertiary/aromatic N) is 3. The first-order valence-electron chi connectivity index (χ1n) is 21.4. The lowest BCUT2D eigenvalue weighted by atomic mass is 9.74. The van der Waals surface area contributed by atoms with Gasteiger partial charge in [0.25, 0.3) is 0 Å². The number of fused-ring (bicyclic) bond motifs is 3. The van der Waals surface area contributed by atoms with Crippen molar-refractivity contribution in [1.82, 2.24) is 14.5 Å². The van der Waals surface area contributed by atoms with Crippen molar-refractivity contribution in [3.8, 4) is 17.2 Å². The topological polar surface area (TPSA) is 171 Å². The highest BCUT2D eigenvalue weighted by molar-refractivity contribution is 7.89. The molecule has 5 heterocycles. The van der Waals surface area contributed by atoms with Crippen LogP contribution in [0.4, 0.5) is 4.79 Å². The average Bonchev–Trinajstić information content (AvgIpc) is 3.78. The predicted octanol–water partition coefficient (Wildman–Crippen LogP) is 7.77. The van der Waals surface area contributed by atoms with E-state index in [1.165, 1.54) is 26.4 Å². The number of benzene rings is 4. The second-order valence-corrected chi connectivity index (χ2v) is 19.3. The van der Waals surface area contributed by atoms with Crippen molar-refractivity contribution in [3.05, 3.63) is 153 Å². The zero-order chi connectivity index (χ0) is 45.9. The van der Waals surface area contributed by atoms with Gasteiger partial charge in [0.05, 0.1) is 25.2 Å². The summed E-state index contributed by atoms with van der Waals surface area (Å²) >= 11 is 13.1. The molecule has 9 rings (SSSR count). The summed E-state index contributed by atoms with van der Waals surface area (Å²) in [7, 11) is -1.59. The second kappa shape index (κ2) is 19.5. The van der Waals surface area contributed by atoms with E-state index in [1.807, 2.05) is 48.5 Å². The van der Waals surface area contributed by atoms with Crippen molar-refractivity contribution in [2.24, 2.45) is 5.92 Å². The molecule has 4 fully saturated rings. The third kappa shape index (κ3) is 9.57. The number of carboxylic acid groups (broad SMARTS) is 1. The maximum absolute atomic E-state index is 14.9. The first-order chi connectivity index (χ1) is 31.3. The van der Waals surface area contributed by atoms with Crippen molar-refractivity contribution < 1.29 is 46.8 Å². The summed E-state index contributed by atoms with van der Waals surface area (Å²) in [6.45, 7) is 2.69. The smallest absolute Gasteiger partial charge is 0.408 e. The average molecular weight is 946 g/mol. The zero-order valence-electron chi connectivity index (χ0n) is 35.9. The molecule has 17 heteroatoms. The summed E-state index contributed by atoms with van der Waals surface area (Å²) in [6, 6.07) is 27.5. The molecule has 0 saturated carbocycles. The summed E-state index contributed by atoms with van der Waals surface area (Å²) in [6.07, 6.45) is 3.67. The summed E-state index contributed by atoms with van der Waals surface area (Å²) in [5.74, 6) is -0.919. The van der Waals surface area contributed by atoms with Gasteiger partial charge in [0.1, 0.15) is 34.0 Å². The van der Waals surface area contributed by atoms with Crippen molar-refractivity contribution in [2.75, 3.05) is 40.4 Å². The minimum Gasteiger partial charge on any atom is -0.619 e. The number of carbonyl (C=O) groups is 2. The van der Waals surface area contributed by atoms with E-state index in [0.717, 1.165) is 60.3 Å². The number of rotatable bonds is 16. The first kappa shape index (κ1) is 46.0. The van der Waals surface area contributed by atoms with Gasteiger partial charge in [-0.1, -0.05) is 83.9 Å². The number of halogens is 2. The third-order valence-corrected chi connectivity index (χ3v) is 15.5. The van der Waals surface area contributed by atoms with Gasteiger partial charge in [-0.25, -0.2) is 13.2 Å². The van der Waals surface area contributed by atoms with E-state index in [2.05, 4.69) is 10.2 Å². The Balaban J connectivity index is 1.06. The maximum Gasteiger partial charge on any atom is 0.408 e. The second-order valence-electron chi connectivity index (χ2n) is 16.7. The van der Waals surface area contributed by atoms with Crippen LogP contribution < -0.4 is 24.3 Å². The largest absolute Gasteiger partial charge is 0.619 e. The van der Waals surface area contributed by atoms with E-state index in [1.54, 1.807) is 36.4 Å². The molecule has 1 unspecified atom stereocenters. The summed E-state index contributed by atoms with van der Waals surface area (Å²) in [5, 5.41) is 26.6. The van der Waals surface area contributed by atoms with Gasteiger partial charge in [-0.05, 0) is 110 Å². The molecule has 4 aliphatic heterocycles. The van der Waals surface area contributed by atoms with E-state index in [0.29, 0.717) is 39.0 Å². The lowest BCUT2D eigenvalue weighted by Gasteiger charge is -2.43. The van der Waals surface area contributed by atoms with Gasteiger partial charge in [0.2, 0.25) is 10.0 Å². The number of aliphatic carboxylic acids is 1. The number of methoxy groups -OCH3 is 2. The quantitative estimate of drug-likeness (QED) is 0.0732. The molecule has 14 nitrogen and oxygen atoms in total. The van der Waals surface area contributed by atoms with Gasteiger partial charge in [-0.15, -0.1) is 0 Å². The van der Waals surface area contributed by atoms with Crippen LogP contribution in [0, 0.1) is 11.1 Å². The van der Waals surface area contributed by atoms with Crippen LogP contribution in [0.5, 0.6) is 17.2 Å². The standard InChI is InChI=1S/C48H50Cl2N4O10S/c1-61-42-16-15-34(25-43(42)62-2)39(26-38-40(49)27-53(58)28-41(38)50)48(46(55)56)19-8-20-54(48)65(59,60)37-14-6-9-31(23-37)30-63-36-13-7-12-35(24-36)45(33-10-4-3-5-11-33)51-47(57)64-44-29-52-21-17-32(44)18-22-52/h3-7,9-16,23-25,27-28,32,39,44-45H,8,17-22,26,29-30H2,1-2H3,(H,51,57)(H,55,56)/t39?,44-,45-,48-/m0/s1. The number of amides is 1. The molecule has 2 N–H and O–H groups in total. The van der Waals surface area contributed by atoms with E-state index in [9.17, 15) is 28.3 Å². The Kier molecular flexibility index (Phi) is 13.8. The first-order valence-corrected chi connectivity index (χ1v) is 23.6. The molecule has 0 aliphatic carbocycles. The SMILES string of the molecule is COc1ccc(C(Cc2c(Cl)c[n+]([O-])cc2Cl)[C@]2(C(=O)O)CCCN2S(=O)(=O)c2cccc(COc3cccc([C@@H](NC(=O)O[C@H]4CN5CCC4CC5)c4ccccc4)c3)c2)cc1OC. The Morgan fingerprint density at radius 2 is 1.58 bits per heavy atom. The van der Waals surface area contributed by atoms with Crippen LogP contribution in [-0.4, -0.2) is 86.8 Å². The molecule has 0 spiro atoms. The van der Waals surface area contributed by atoms with E-state index in [-0.39, 0.29) is 59.0 Å². The summed E-state index contributed by atoms with van der Waals surface area (Å²) < 4.78 is 54.6. The normalized spacial score (nSPS) is 21.6. The molecule has 0 radical (unpaired) electrons. The van der Waals surface area contributed by atoms with Crippen LogP contribution in [0.25, 0.3) is 0 Å². The number of carbonyl (C=O) groups excluding carboxylic acids is 1. The molecule has 65 heavy (non-hydrogen) atoms. The third-order valence-electron chi connectivity index (χ3n) is 12.9. The molecule has 1 aromatic heterocycles. The lowest BCUT2D eigenvalue weighted by Crippen LogP contribution is -2.57. The molecular formula is C48H50Cl2N4O10S. The molecule has 4 saturated heterocycles. The Hall–Kier alpha value is -5.58. The summed E-state index contributed by atoms with van der Waals surface area (Å²) in [4.78, 5) is 29.5. The van der Waals surface area contributed by atoms with Crippen molar-refractivity contribution in [2.45, 2.75) is 67.2 Å². The van der Waals surface area contributed by atoms with Gasteiger partial charge in [0, 0.05) is 24.6 Å². The number of hydrogen-bond acceptors (Lipinski definition) is 10. The highest BCUT2D eigenvalue weighted by atomic mass is 35.5. The van der Waals surface area contributed by atoms with Crippen LogP contribution in [0.3, 0.4) is 0 Å². The van der Waals surface area contributed by atoms with Gasteiger partial charge in [-0.2, -0.15) is 9.04 Å². The number of pyridine rings is 1. The molecular weight excluding hydrogens is 896 g/mol. The van der Waals surface area contributed by atoms with Crippen LogP contribution in [0.15, 0.2) is 114 Å². The Morgan fingerprint density at radius 3 is 2.26 bits per heavy atom. The minimum atomic E-state index is -4.51. The van der Waals surface area contributed by atoms with Crippen LogP contribution in [-0.2, 0) is 32.6 Å². The number of aromatic nitrogens is 1. The van der Waals surface area contributed by atoms with Gasteiger partial charge >= 0.3 is 12.1 Å². The fourth-order valence-electron chi connectivity index (χ4n) is 9.64. The number of ether oxygens (including phenoxy) is 4. The Labute approximate surface area is 388 Å². The molecule has 4 atom stereocenters. The van der Waals surface area contributed by atoms with Gasteiger partial charge in [0.15, 0.2) is 23.9 Å². The van der Waals surface area contributed by atoms with E-state index >= 15 is 0 Å². The number of hydrogen-bond donors (Lipinski definition) is 2. The number of alkyl carbamates (subject to hydrolysis) is 1. The monoisotopic (exact) mass is 944 g/mol. The number of carboxylic acids is 1. The number of nitrogens with one attached hydrogen (secondary N) is 1. The zero-order valence-corrected chi connectivity index (χ0v) is 38.2. The van der Waals surface area contributed by atoms with E-state index < -0.39 is 39.6 Å². The van der Waals surface area contributed by atoms with Crippen molar-refractivity contribution >= 4 is 45.3 Å². The fourth-order valence-corrected chi connectivity index (χ4v) is 12.1. The highest BCUT2D eigenvalue weighted by Gasteiger charge is 2.58. The fraction of sp³-hybridized carbons (Fsp3) is 0.354. The Bertz CT molecular complexity index is 2630. The lowest BCUT2D eigenvalue weighted by molar-refractivity contribution is -0.605. The summed E-state index contributed by atoms with van der Waals surface area (Å²) in [5.41, 5.74) is 0.795. The van der Waals surface area contributed by atoms with Crippen LogP contribution >= 0.6 is 23.2 Å². The minimum absolute atomic E-state index is 0.00169. The predicted molar refractivity (Wildman–Crippen MR) is 243 cm³/mol. The van der Waals surface area contributed by atoms with Crippen LogP contribution in [0.2, 0.25) is 10.0 Å². The maximum atomic E-state index is 14.9. The van der Waals surface area contributed by atoms with Gasteiger partial charge in [-0.3, -0.25) is 9.69 Å².